The number of benzene rings is 12. The number of hydrogen-bond acceptors (Lipinski definition) is 4. The molecular weight excluding hydrogens is 1030 g/mol. The Morgan fingerprint density at radius 3 is 1.18 bits per heavy atom. The zero-order valence-corrected chi connectivity index (χ0v) is 47.4. The lowest BCUT2D eigenvalue weighted by atomic mass is 9.83. The second-order valence-electron chi connectivity index (χ2n) is 24.4. The maximum absolute atomic E-state index is 7.18. The molecule has 2 saturated carbocycles. The van der Waals surface area contributed by atoms with Crippen molar-refractivity contribution in [2.75, 3.05) is 9.80 Å². The highest BCUT2D eigenvalue weighted by molar-refractivity contribution is 6.27. The van der Waals surface area contributed by atoms with Crippen LogP contribution in [0.2, 0.25) is 0 Å². The van der Waals surface area contributed by atoms with E-state index in [0.29, 0.717) is 11.8 Å². The summed E-state index contributed by atoms with van der Waals surface area (Å²) in [7, 11) is 0. The van der Waals surface area contributed by atoms with E-state index in [-0.39, 0.29) is 0 Å². The molecule has 0 saturated heterocycles. The minimum absolute atomic E-state index is 0.527. The Labute approximate surface area is 492 Å². The highest BCUT2D eigenvalue weighted by Gasteiger charge is 2.28. The molecule has 2 aliphatic rings. The van der Waals surface area contributed by atoms with Gasteiger partial charge in [0.05, 0.1) is 27.9 Å². The number of hydrogen-bond donors (Lipinski definition) is 0. The van der Waals surface area contributed by atoms with Gasteiger partial charge in [-0.3, -0.25) is 0 Å². The molecule has 5 heteroatoms. The Bertz CT molecular complexity index is 4970. The van der Waals surface area contributed by atoms with Gasteiger partial charge in [0.2, 0.25) is 0 Å². The molecule has 0 radical (unpaired) electrons. The predicted octanol–water partition coefficient (Wildman–Crippen LogP) is 23.6. The smallest absolute Gasteiger partial charge is 0.159 e. The Hall–Kier alpha value is -9.84. The van der Waals surface area contributed by atoms with Crippen LogP contribution in [0.3, 0.4) is 0 Å². The molecule has 12 aromatic carbocycles. The van der Waals surface area contributed by atoms with Gasteiger partial charge < -0.3 is 23.0 Å². The number of nitrogens with zero attached hydrogens (tertiary/aromatic N) is 3. The molecule has 2 aliphatic carbocycles. The quantitative estimate of drug-likeness (QED) is 0.144. The maximum Gasteiger partial charge on any atom is 0.159 e. The van der Waals surface area contributed by atoms with Crippen LogP contribution >= 0.6 is 0 Å². The summed E-state index contributed by atoms with van der Waals surface area (Å²) < 4.78 is 16.9. The topological polar surface area (TPSA) is 37.2 Å². The van der Waals surface area contributed by atoms with Gasteiger partial charge in [-0.2, -0.15) is 0 Å². The van der Waals surface area contributed by atoms with Gasteiger partial charge in [-0.15, -0.1) is 0 Å². The van der Waals surface area contributed by atoms with E-state index in [1.54, 1.807) is 0 Å². The monoisotopic (exact) mass is 1100 g/mol. The molecule has 5 nitrogen and oxygen atoms in total. The van der Waals surface area contributed by atoms with Gasteiger partial charge in [-0.05, 0) is 178 Å². The SMILES string of the molecule is c1ccc(-c2cc3c4cc5ccc(N(c6ccccc6)c6cccc7c6oc6c(C8CCCCC8)cccc67)cc5cc4n4c5cc6cc(N(c7ccccc7)c7cccc8c7oc7c(C9CCCCC9)cccc78)ccc6cc5c(c2)c34)cc1. The Balaban J connectivity index is 0.831. The highest BCUT2D eigenvalue weighted by Crippen LogP contribution is 2.50. The molecule has 0 atom stereocenters. The van der Waals surface area contributed by atoms with Crippen LogP contribution in [0.4, 0.5) is 34.1 Å². The van der Waals surface area contributed by atoms with Crippen LogP contribution in [0.5, 0.6) is 0 Å². The van der Waals surface area contributed by atoms with Crippen LogP contribution in [-0.2, 0) is 0 Å². The first-order valence-corrected chi connectivity index (χ1v) is 30.9. The normalized spacial score (nSPS) is 14.7. The number of fused-ring (bicyclic) bond motifs is 14. The van der Waals surface area contributed by atoms with Crippen LogP contribution in [0.15, 0.2) is 245 Å². The van der Waals surface area contributed by atoms with E-state index in [4.69, 9.17) is 8.83 Å². The molecule has 2 fully saturated rings. The molecule has 4 aromatic heterocycles. The molecule has 16 aromatic rings. The molecule has 0 unspecified atom stereocenters. The molecule has 0 aliphatic heterocycles. The Morgan fingerprint density at radius 1 is 0.294 bits per heavy atom. The van der Waals surface area contributed by atoms with Crippen LogP contribution in [0.25, 0.3) is 115 Å². The molecule has 4 heterocycles. The third kappa shape index (κ3) is 7.69. The van der Waals surface area contributed by atoms with Crippen molar-refractivity contribution in [3.05, 3.63) is 248 Å². The van der Waals surface area contributed by atoms with Crippen molar-refractivity contribution in [1.29, 1.82) is 0 Å². The summed E-state index contributed by atoms with van der Waals surface area (Å²) in [5, 5.41) is 14.4. The minimum Gasteiger partial charge on any atom is -0.454 e. The van der Waals surface area contributed by atoms with Crippen molar-refractivity contribution >= 4 is 138 Å². The average molecular weight is 1100 g/mol. The first-order chi connectivity index (χ1) is 42.1. The standard InChI is InChI=1S/C80H61N3O2/c1-6-20-50(21-7-1)57-46-70-68-44-53-38-40-60(81(58-26-12-4-13-27-58)72-36-18-34-66-64-32-16-30-62(77(64)84-79(66)72)51-22-8-2-9-23-51)42-55(53)48-74(68)83-75-49-56-43-61(41-39-54(56)45-69(75)71(47-57)76(70)83)82(59-28-14-5-15-29-59)73-37-19-35-67-65-33-17-31-63(78(65)85-80(67)73)52-24-10-3-11-25-52/h1,4-7,12-21,26-49,51-52H,2-3,8-11,22-25H2. The fourth-order valence-electron chi connectivity index (χ4n) is 15.6. The molecular formula is C80H61N3O2. The maximum atomic E-state index is 7.18. The largest absolute Gasteiger partial charge is 0.454 e. The van der Waals surface area contributed by atoms with Crippen molar-refractivity contribution < 1.29 is 8.83 Å². The second kappa shape index (κ2) is 19.4. The molecule has 0 spiro atoms. The second-order valence-corrected chi connectivity index (χ2v) is 24.4. The van der Waals surface area contributed by atoms with Gasteiger partial charge >= 0.3 is 0 Å². The third-order valence-corrected chi connectivity index (χ3v) is 19.6. The Kier molecular flexibility index (Phi) is 11.1. The number of para-hydroxylation sites is 6. The van der Waals surface area contributed by atoms with E-state index < -0.39 is 0 Å². The highest BCUT2D eigenvalue weighted by atomic mass is 16.3. The molecule has 0 amide bonds. The zero-order chi connectivity index (χ0) is 55.7. The van der Waals surface area contributed by atoms with Gasteiger partial charge in [0.1, 0.15) is 11.2 Å². The van der Waals surface area contributed by atoms with E-state index in [1.165, 1.54) is 157 Å². The minimum atomic E-state index is 0.527. The number of rotatable bonds is 9. The summed E-state index contributed by atoms with van der Waals surface area (Å²) in [6, 6.07) is 88.1. The van der Waals surface area contributed by atoms with Gasteiger partial charge in [0, 0.05) is 65.8 Å². The lowest BCUT2D eigenvalue weighted by Gasteiger charge is -2.26. The fourth-order valence-corrected chi connectivity index (χ4v) is 15.6. The van der Waals surface area contributed by atoms with E-state index in [1.807, 2.05) is 0 Å². The van der Waals surface area contributed by atoms with Crippen LogP contribution < -0.4 is 9.80 Å². The number of aromatic nitrogens is 1. The summed E-state index contributed by atoms with van der Waals surface area (Å²) in [4.78, 5) is 4.79. The van der Waals surface area contributed by atoms with Gasteiger partial charge in [-0.25, -0.2) is 0 Å². The first kappa shape index (κ1) is 48.7. The fraction of sp³-hybridized carbons (Fsp3) is 0.150. The summed E-state index contributed by atoms with van der Waals surface area (Å²) in [5.74, 6) is 1.05. The lowest BCUT2D eigenvalue weighted by Crippen LogP contribution is -2.10. The van der Waals surface area contributed by atoms with Crippen molar-refractivity contribution in [1.82, 2.24) is 4.40 Å². The summed E-state index contributed by atoms with van der Waals surface area (Å²) >= 11 is 0. The summed E-state index contributed by atoms with van der Waals surface area (Å²) in [5.41, 5.74) is 19.1. The van der Waals surface area contributed by atoms with Gasteiger partial charge in [-0.1, -0.05) is 178 Å². The van der Waals surface area contributed by atoms with Crippen molar-refractivity contribution in [2.45, 2.75) is 76.0 Å². The number of furan rings is 2. The Morgan fingerprint density at radius 2 is 0.718 bits per heavy atom. The van der Waals surface area contributed by atoms with E-state index in [2.05, 4.69) is 251 Å². The number of anilines is 6. The van der Waals surface area contributed by atoms with Gasteiger partial charge in [0.25, 0.3) is 0 Å². The predicted molar refractivity (Wildman–Crippen MR) is 357 cm³/mol. The molecule has 408 valence electrons. The van der Waals surface area contributed by atoms with Crippen LogP contribution in [0, 0.1) is 0 Å². The van der Waals surface area contributed by atoms with Crippen LogP contribution in [0.1, 0.15) is 87.2 Å². The van der Waals surface area contributed by atoms with E-state index in [0.717, 1.165) is 67.2 Å². The molecule has 0 bridgehead atoms. The lowest BCUT2D eigenvalue weighted by molar-refractivity contribution is 0.442. The van der Waals surface area contributed by atoms with Crippen molar-refractivity contribution in [2.24, 2.45) is 0 Å². The third-order valence-electron chi connectivity index (χ3n) is 19.6. The van der Waals surface area contributed by atoms with E-state index in [9.17, 15) is 0 Å². The average Bonchev–Trinajstić information content (AvgIpc) is 1.83. The van der Waals surface area contributed by atoms with Crippen molar-refractivity contribution in [3.8, 4) is 11.1 Å². The summed E-state index contributed by atoms with van der Waals surface area (Å²) in [6.07, 6.45) is 12.6. The van der Waals surface area contributed by atoms with Gasteiger partial charge in [0.15, 0.2) is 11.2 Å². The molecule has 0 N–H and O–H groups in total. The van der Waals surface area contributed by atoms with Crippen LogP contribution in [-0.4, -0.2) is 4.40 Å². The first-order valence-electron chi connectivity index (χ1n) is 30.9. The van der Waals surface area contributed by atoms with Crippen molar-refractivity contribution in [3.63, 3.8) is 0 Å². The van der Waals surface area contributed by atoms with E-state index >= 15 is 0 Å². The molecule has 18 rings (SSSR count). The summed E-state index contributed by atoms with van der Waals surface area (Å²) in [6.45, 7) is 0. The zero-order valence-electron chi connectivity index (χ0n) is 47.4. The molecule has 85 heavy (non-hydrogen) atoms.